The van der Waals surface area contributed by atoms with Gasteiger partial charge < -0.3 is 9.30 Å². The number of carbonyl (C=O) groups is 1. The summed E-state index contributed by atoms with van der Waals surface area (Å²) in [7, 11) is 0. The second-order valence-electron chi connectivity index (χ2n) is 4.52. The van der Waals surface area contributed by atoms with Crippen LogP contribution in [-0.2, 0) is 17.8 Å². The molecule has 2 heterocycles. The third-order valence-electron chi connectivity index (χ3n) is 3.05. The summed E-state index contributed by atoms with van der Waals surface area (Å²) in [6.45, 7) is 9.23. The molecule has 1 aromatic heterocycles. The zero-order chi connectivity index (χ0) is 12.4. The minimum Gasteiger partial charge on any atom is -0.461 e. The summed E-state index contributed by atoms with van der Waals surface area (Å²) in [4.78, 5) is 18.3. The molecule has 17 heavy (non-hydrogen) atoms. The lowest BCUT2D eigenvalue weighted by Gasteiger charge is -2.30. The molecule has 0 aliphatic carbocycles. The van der Waals surface area contributed by atoms with E-state index < -0.39 is 0 Å². The van der Waals surface area contributed by atoms with Crippen LogP contribution in [-0.4, -0.2) is 39.6 Å². The van der Waals surface area contributed by atoms with Crippen molar-refractivity contribution in [2.45, 2.75) is 39.9 Å². The van der Waals surface area contributed by atoms with Crippen LogP contribution in [0, 0.1) is 0 Å². The largest absolute Gasteiger partial charge is 0.461 e. The summed E-state index contributed by atoms with van der Waals surface area (Å²) in [6.07, 6.45) is 1.80. The first-order valence-corrected chi connectivity index (χ1v) is 6.09. The van der Waals surface area contributed by atoms with E-state index in [2.05, 4.69) is 23.7 Å². The van der Waals surface area contributed by atoms with Crippen LogP contribution in [0.3, 0.4) is 0 Å². The zero-order valence-corrected chi connectivity index (χ0v) is 10.6. The van der Waals surface area contributed by atoms with Crippen molar-refractivity contribution < 1.29 is 9.53 Å². The van der Waals surface area contributed by atoms with Crippen molar-refractivity contribution in [2.24, 2.45) is 0 Å². The number of hydrogen-bond acceptors (Lipinski definition) is 4. The minimum atomic E-state index is -0.328. The smallest absolute Gasteiger partial charge is 0.358 e. The molecule has 0 saturated heterocycles. The maximum atomic E-state index is 11.6. The van der Waals surface area contributed by atoms with Crippen molar-refractivity contribution in [3.05, 3.63) is 17.7 Å². The fourth-order valence-corrected chi connectivity index (χ4v) is 2.02. The van der Waals surface area contributed by atoms with Crippen LogP contribution in [0.1, 0.15) is 37.1 Å². The second kappa shape index (κ2) is 4.87. The van der Waals surface area contributed by atoms with E-state index in [1.807, 2.05) is 4.57 Å². The van der Waals surface area contributed by atoms with Crippen molar-refractivity contribution in [1.82, 2.24) is 14.5 Å². The van der Waals surface area contributed by atoms with Gasteiger partial charge in [-0.15, -0.1) is 0 Å². The van der Waals surface area contributed by atoms with Gasteiger partial charge in [0, 0.05) is 25.3 Å². The van der Waals surface area contributed by atoms with Crippen molar-refractivity contribution in [2.75, 3.05) is 13.2 Å². The van der Waals surface area contributed by atoms with E-state index in [9.17, 15) is 4.79 Å². The van der Waals surface area contributed by atoms with E-state index in [1.165, 1.54) is 0 Å². The number of imidazole rings is 1. The lowest BCUT2D eigenvalue weighted by Crippen LogP contribution is -2.38. The van der Waals surface area contributed by atoms with Gasteiger partial charge in [0.05, 0.1) is 13.2 Å². The van der Waals surface area contributed by atoms with E-state index in [0.717, 1.165) is 25.5 Å². The third-order valence-corrected chi connectivity index (χ3v) is 3.05. The normalized spacial score (nSPS) is 16.0. The molecule has 1 aromatic rings. The third kappa shape index (κ3) is 2.49. The number of aromatic nitrogens is 2. The molecule has 0 N–H and O–H groups in total. The van der Waals surface area contributed by atoms with E-state index in [4.69, 9.17) is 4.74 Å². The second-order valence-corrected chi connectivity index (χ2v) is 4.52. The van der Waals surface area contributed by atoms with Crippen LogP contribution in [0.4, 0.5) is 0 Å². The van der Waals surface area contributed by atoms with Crippen molar-refractivity contribution in [3.8, 4) is 0 Å². The molecule has 94 valence electrons. The number of esters is 1. The predicted octanol–water partition coefficient (Wildman–Crippen LogP) is 1.28. The first-order chi connectivity index (χ1) is 8.11. The molecule has 0 saturated carbocycles. The number of carbonyl (C=O) groups excluding carboxylic acids is 1. The fourth-order valence-electron chi connectivity index (χ4n) is 2.02. The van der Waals surface area contributed by atoms with Crippen molar-refractivity contribution >= 4 is 5.97 Å². The minimum absolute atomic E-state index is 0.328. The van der Waals surface area contributed by atoms with E-state index >= 15 is 0 Å². The Balaban J connectivity index is 2.14. The Morgan fingerprint density at radius 1 is 1.53 bits per heavy atom. The Kier molecular flexibility index (Phi) is 3.47. The summed E-state index contributed by atoms with van der Waals surface area (Å²) in [6, 6.07) is 0.506. The average molecular weight is 237 g/mol. The van der Waals surface area contributed by atoms with Gasteiger partial charge in [-0.25, -0.2) is 9.78 Å². The Morgan fingerprint density at radius 2 is 2.29 bits per heavy atom. The Morgan fingerprint density at radius 3 is 2.94 bits per heavy atom. The average Bonchev–Trinajstić information content (AvgIpc) is 2.71. The van der Waals surface area contributed by atoms with Gasteiger partial charge >= 0.3 is 5.97 Å². The molecule has 0 amide bonds. The number of rotatable bonds is 3. The summed E-state index contributed by atoms with van der Waals surface area (Å²) in [5.74, 6) is 0.624. The molecule has 0 atom stereocenters. The number of fused-ring (bicyclic) bond motifs is 1. The monoisotopic (exact) mass is 237 g/mol. The van der Waals surface area contributed by atoms with Gasteiger partial charge in [-0.05, 0) is 20.8 Å². The van der Waals surface area contributed by atoms with E-state index in [0.29, 0.717) is 18.3 Å². The Bertz CT molecular complexity index is 412. The van der Waals surface area contributed by atoms with Gasteiger partial charge in [0.1, 0.15) is 5.82 Å². The van der Waals surface area contributed by atoms with E-state index in [1.54, 1.807) is 13.1 Å². The molecule has 1 aliphatic heterocycles. The first-order valence-electron chi connectivity index (χ1n) is 6.09. The summed E-state index contributed by atoms with van der Waals surface area (Å²) >= 11 is 0. The van der Waals surface area contributed by atoms with Gasteiger partial charge in [0.2, 0.25) is 0 Å². The lowest BCUT2D eigenvalue weighted by molar-refractivity contribution is 0.0520. The quantitative estimate of drug-likeness (QED) is 0.743. The van der Waals surface area contributed by atoms with Crippen LogP contribution in [0.5, 0.6) is 0 Å². The zero-order valence-electron chi connectivity index (χ0n) is 10.6. The lowest BCUT2D eigenvalue weighted by atomic mass is 10.2. The molecule has 0 unspecified atom stereocenters. The molecule has 0 fully saturated rings. The molecular formula is C12H19N3O2. The molecule has 2 rings (SSSR count). The van der Waals surface area contributed by atoms with Crippen LogP contribution >= 0.6 is 0 Å². The Hall–Kier alpha value is -1.36. The SMILES string of the molecule is CCOC(=O)c1cn2c(n1)CN(C(C)C)CC2. The van der Waals surface area contributed by atoms with Crippen LogP contribution in [0.2, 0.25) is 0 Å². The first kappa shape index (κ1) is 12.1. The van der Waals surface area contributed by atoms with Crippen LogP contribution in [0.15, 0.2) is 6.20 Å². The molecule has 5 heteroatoms. The Labute approximate surface area is 101 Å². The fraction of sp³-hybridized carbons (Fsp3) is 0.667. The molecule has 0 bridgehead atoms. The molecule has 1 aliphatic rings. The highest BCUT2D eigenvalue weighted by Crippen LogP contribution is 2.15. The van der Waals surface area contributed by atoms with Gasteiger partial charge in [-0.1, -0.05) is 0 Å². The number of hydrogen-bond donors (Lipinski definition) is 0. The maximum absolute atomic E-state index is 11.6. The van der Waals surface area contributed by atoms with Gasteiger partial charge in [0.15, 0.2) is 5.69 Å². The van der Waals surface area contributed by atoms with Gasteiger partial charge in [-0.2, -0.15) is 0 Å². The van der Waals surface area contributed by atoms with Crippen LogP contribution < -0.4 is 0 Å². The van der Waals surface area contributed by atoms with Gasteiger partial charge in [-0.3, -0.25) is 4.90 Å². The molecule has 0 spiro atoms. The molecule has 5 nitrogen and oxygen atoms in total. The molecular weight excluding hydrogens is 218 g/mol. The van der Waals surface area contributed by atoms with Crippen LogP contribution in [0.25, 0.3) is 0 Å². The summed E-state index contributed by atoms with van der Waals surface area (Å²) in [5.41, 5.74) is 0.424. The van der Waals surface area contributed by atoms with Gasteiger partial charge in [0.25, 0.3) is 0 Å². The molecule has 0 aromatic carbocycles. The van der Waals surface area contributed by atoms with E-state index in [-0.39, 0.29) is 5.97 Å². The molecule has 0 radical (unpaired) electrons. The summed E-state index contributed by atoms with van der Waals surface area (Å²) in [5, 5.41) is 0. The number of nitrogens with zero attached hydrogens (tertiary/aromatic N) is 3. The standard InChI is InChI=1S/C12H19N3O2/c1-4-17-12(16)10-7-15-6-5-14(9(2)3)8-11(15)13-10/h7,9H,4-6,8H2,1-3H3. The highest BCUT2D eigenvalue weighted by Gasteiger charge is 2.22. The number of ether oxygens (including phenoxy) is 1. The van der Waals surface area contributed by atoms with Crippen molar-refractivity contribution in [1.29, 1.82) is 0 Å². The maximum Gasteiger partial charge on any atom is 0.358 e. The topological polar surface area (TPSA) is 47.4 Å². The highest BCUT2D eigenvalue weighted by atomic mass is 16.5. The van der Waals surface area contributed by atoms with Crippen molar-refractivity contribution in [3.63, 3.8) is 0 Å². The summed E-state index contributed by atoms with van der Waals surface area (Å²) < 4.78 is 7.00. The highest BCUT2D eigenvalue weighted by molar-refractivity contribution is 5.87. The predicted molar refractivity (Wildman–Crippen MR) is 63.7 cm³/mol.